The van der Waals surface area contributed by atoms with Gasteiger partial charge in [-0.2, -0.15) is 0 Å². The van der Waals surface area contributed by atoms with Crippen molar-refractivity contribution in [3.63, 3.8) is 0 Å². The summed E-state index contributed by atoms with van der Waals surface area (Å²) < 4.78 is 0. The van der Waals surface area contributed by atoms with Crippen molar-refractivity contribution in [2.45, 2.75) is 97.9 Å². The number of fused-ring (bicyclic) bond motifs is 1. The number of hydrogen-bond acceptors (Lipinski definition) is 6. The van der Waals surface area contributed by atoms with Gasteiger partial charge in [-0.25, -0.2) is 4.98 Å². The van der Waals surface area contributed by atoms with Crippen molar-refractivity contribution in [2.24, 2.45) is 5.92 Å². The molecule has 0 fully saturated rings. The van der Waals surface area contributed by atoms with E-state index in [1.807, 2.05) is 76.2 Å². The Bertz CT molecular complexity index is 1490. The van der Waals surface area contributed by atoms with Crippen LogP contribution in [0.3, 0.4) is 0 Å². The topological polar surface area (TPSA) is 140 Å². The molecule has 0 radical (unpaired) electrons. The molecule has 258 valence electrons. The molecule has 0 spiro atoms. The highest BCUT2D eigenvalue weighted by Crippen LogP contribution is 2.27. The number of anilines is 1. The highest BCUT2D eigenvalue weighted by Gasteiger charge is 2.29. The highest BCUT2D eigenvalue weighted by atomic mass is 16.2. The molecule has 1 aliphatic heterocycles. The van der Waals surface area contributed by atoms with Gasteiger partial charge in [0.2, 0.25) is 17.7 Å². The SMILES string of the molecule is CCC[C@H](NC(=O)[C@@H](C)CCC)C(=O)NCCCN1Cc2cc(C(=O)N(Cc3ccccc3)Cc3ncc[nH]3)ccc2N[C@@H](CC)C1=O. The second-order valence-corrected chi connectivity index (χ2v) is 12.6. The number of rotatable bonds is 17. The molecular weight excluding hydrogens is 606 g/mol. The van der Waals surface area contributed by atoms with Crippen LogP contribution in [0.2, 0.25) is 0 Å². The lowest BCUT2D eigenvalue weighted by molar-refractivity contribution is -0.132. The van der Waals surface area contributed by atoms with Gasteiger partial charge in [0.1, 0.15) is 17.9 Å². The lowest BCUT2D eigenvalue weighted by Crippen LogP contribution is -2.48. The summed E-state index contributed by atoms with van der Waals surface area (Å²) in [6.45, 7) is 9.78. The Morgan fingerprint density at radius 3 is 2.48 bits per heavy atom. The summed E-state index contributed by atoms with van der Waals surface area (Å²) in [5.41, 5.74) is 3.24. The maximum absolute atomic E-state index is 13.9. The third-order valence-corrected chi connectivity index (χ3v) is 8.74. The molecule has 0 saturated heterocycles. The molecule has 4 N–H and O–H groups in total. The first-order chi connectivity index (χ1) is 23.2. The Morgan fingerprint density at radius 2 is 1.79 bits per heavy atom. The molecule has 0 bridgehead atoms. The molecule has 11 nitrogen and oxygen atoms in total. The third kappa shape index (κ3) is 9.92. The van der Waals surface area contributed by atoms with Crippen LogP contribution >= 0.6 is 0 Å². The van der Waals surface area contributed by atoms with Crippen LogP contribution in [0.5, 0.6) is 0 Å². The van der Waals surface area contributed by atoms with Crippen LogP contribution in [0, 0.1) is 5.92 Å². The van der Waals surface area contributed by atoms with Crippen LogP contribution in [-0.2, 0) is 34.0 Å². The number of benzene rings is 2. The maximum Gasteiger partial charge on any atom is 0.254 e. The smallest absolute Gasteiger partial charge is 0.254 e. The van der Waals surface area contributed by atoms with Gasteiger partial charge < -0.3 is 30.7 Å². The van der Waals surface area contributed by atoms with E-state index in [2.05, 4.69) is 25.9 Å². The predicted octanol–water partition coefficient (Wildman–Crippen LogP) is 5.01. The molecule has 4 amide bonds. The Labute approximate surface area is 284 Å². The van der Waals surface area contributed by atoms with E-state index in [0.717, 1.165) is 36.1 Å². The van der Waals surface area contributed by atoms with Gasteiger partial charge in [-0.1, -0.05) is 70.9 Å². The van der Waals surface area contributed by atoms with Crippen LogP contribution in [0.4, 0.5) is 5.69 Å². The van der Waals surface area contributed by atoms with Crippen LogP contribution in [0.15, 0.2) is 60.9 Å². The Kier molecular flexibility index (Phi) is 13.6. The van der Waals surface area contributed by atoms with Crippen molar-refractivity contribution < 1.29 is 19.2 Å². The summed E-state index contributed by atoms with van der Waals surface area (Å²) in [6.07, 6.45) is 7.59. The number of amides is 4. The molecular formula is C37H51N7O4. The molecule has 2 aromatic carbocycles. The predicted molar refractivity (Wildman–Crippen MR) is 187 cm³/mol. The van der Waals surface area contributed by atoms with E-state index in [4.69, 9.17) is 0 Å². The normalized spacial score (nSPS) is 15.5. The minimum atomic E-state index is -0.577. The van der Waals surface area contributed by atoms with Crippen LogP contribution in [-0.4, -0.2) is 68.6 Å². The minimum Gasteiger partial charge on any atom is -0.373 e. The molecule has 0 aliphatic carbocycles. The third-order valence-electron chi connectivity index (χ3n) is 8.74. The number of carbonyl (C=O) groups excluding carboxylic acids is 4. The van der Waals surface area contributed by atoms with Crippen LogP contribution in [0.25, 0.3) is 0 Å². The fourth-order valence-electron chi connectivity index (χ4n) is 6.01. The molecule has 11 heteroatoms. The van der Waals surface area contributed by atoms with E-state index in [-0.39, 0.29) is 29.5 Å². The minimum absolute atomic E-state index is 0.0162. The zero-order valence-electron chi connectivity index (χ0n) is 28.8. The van der Waals surface area contributed by atoms with E-state index < -0.39 is 12.1 Å². The van der Waals surface area contributed by atoms with E-state index >= 15 is 0 Å². The standard InChI is InChI=1S/C37H51N7O4/c1-5-12-26(4)34(45)42-32(13-6-2)35(46)40-18-11-21-43-24-29-22-28(16-17-31(29)41-30(7-3)37(43)48)36(47)44(25-33-38-19-20-39-33)23-27-14-9-8-10-15-27/h8-10,14-17,19-20,22,26,30,32,41H,5-7,11-13,18,21,23-25H2,1-4H3,(H,38,39)(H,40,46)(H,42,45)/t26-,30-,32-/m0/s1. The van der Waals surface area contributed by atoms with Gasteiger partial charge in [-0.05, 0) is 55.0 Å². The molecule has 0 saturated carbocycles. The van der Waals surface area contributed by atoms with Gasteiger partial charge in [0.15, 0.2) is 0 Å². The van der Waals surface area contributed by atoms with Crippen molar-refractivity contribution in [3.05, 3.63) is 83.4 Å². The molecule has 3 aromatic rings. The number of H-pyrrole nitrogens is 1. The fraction of sp³-hybridized carbons (Fsp3) is 0.486. The summed E-state index contributed by atoms with van der Waals surface area (Å²) >= 11 is 0. The fourth-order valence-corrected chi connectivity index (χ4v) is 6.01. The number of nitrogens with one attached hydrogen (secondary N) is 4. The average molecular weight is 658 g/mol. The van der Waals surface area contributed by atoms with E-state index in [1.165, 1.54) is 0 Å². The number of aromatic nitrogens is 2. The molecule has 0 unspecified atom stereocenters. The van der Waals surface area contributed by atoms with Crippen molar-refractivity contribution in [1.29, 1.82) is 0 Å². The van der Waals surface area contributed by atoms with Crippen molar-refractivity contribution in [1.82, 2.24) is 30.4 Å². The van der Waals surface area contributed by atoms with Gasteiger partial charge in [0.05, 0.1) is 6.54 Å². The van der Waals surface area contributed by atoms with Crippen LogP contribution in [0.1, 0.15) is 93.5 Å². The Balaban J connectivity index is 1.43. The van der Waals surface area contributed by atoms with Crippen molar-refractivity contribution in [2.75, 3.05) is 18.4 Å². The summed E-state index contributed by atoms with van der Waals surface area (Å²) in [5.74, 6) is 0.106. The zero-order chi connectivity index (χ0) is 34.5. The summed E-state index contributed by atoms with van der Waals surface area (Å²) in [5, 5.41) is 9.28. The van der Waals surface area contributed by atoms with Gasteiger partial charge in [-0.15, -0.1) is 0 Å². The maximum atomic E-state index is 13.9. The van der Waals surface area contributed by atoms with Gasteiger partial charge >= 0.3 is 0 Å². The van der Waals surface area contributed by atoms with Gasteiger partial charge in [0, 0.05) is 55.7 Å². The lowest BCUT2D eigenvalue weighted by Gasteiger charge is -2.25. The van der Waals surface area contributed by atoms with Gasteiger partial charge in [0.25, 0.3) is 5.91 Å². The van der Waals surface area contributed by atoms with Crippen molar-refractivity contribution >= 4 is 29.3 Å². The molecule has 2 heterocycles. The van der Waals surface area contributed by atoms with E-state index in [0.29, 0.717) is 63.4 Å². The van der Waals surface area contributed by atoms with E-state index in [9.17, 15) is 19.2 Å². The first kappa shape index (κ1) is 36.2. The van der Waals surface area contributed by atoms with Crippen molar-refractivity contribution in [3.8, 4) is 0 Å². The first-order valence-electron chi connectivity index (χ1n) is 17.3. The Morgan fingerprint density at radius 1 is 1.02 bits per heavy atom. The second-order valence-electron chi connectivity index (χ2n) is 12.6. The number of carbonyl (C=O) groups is 4. The number of nitrogens with zero attached hydrogens (tertiary/aromatic N) is 3. The number of aromatic amines is 1. The lowest BCUT2D eigenvalue weighted by atomic mass is 10.0. The molecule has 48 heavy (non-hydrogen) atoms. The number of imidazole rings is 1. The molecule has 3 atom stereocenters. The van der Waals surface area contributed by atoms with Gasteiger partial charge in [-0.3, -0.25) is 19.2 Å². The second kappa shape index (κ2) is 18.0. The first-order valence-corrected chi connectivity index (χ1v) is 17.3. The molecule has 4 rings (SSSR count). The zero-order valence-corrected chi connectivity index (χ0v) is 28.8. The quantitative estimate of drug-likeness (QED) is 0.151. The molecule has 1 aliphatic rings. The summed E-state index contributed by atoms with van der Waals surface area (Å²) in [7, 11) is 0. The Hall–Kier alpha value is -4.67. The number of hydrogen-bond donors (Lipinski definition) is 4. The van der Waals surface area contributed by atoms with Crippen LogP contribution < -0.4 is 16.0 Å². The molecule has 1 aromatic heterocycles. The average Bonchev–Trinajstić information content (AvgIpc) is 3.56. The monoisotopic (exact) mass is 657 g/mol. The summed E-state index contributed by atoms with van der Waals surface area (Å²) in [4.78, 5) is 64.1. The highest BCUT2D eigenvalue weighted by molar-refractivity contribution is 5.95. The summed E-state index contributed by atoms with van der Waals surface area (Å²) in [6, 6.07) is 14.4. The largest absolute Gasteiger partial charge is 0.373 e. The van der Waals surface area contributed by atoms with E-state index in [1.54, 1.807) is 22.2 Å².